The van der Waals surface area contributed by atoms with E-state index < -0.39 is 17.1 Å². The summed E-state index contributed by atoms with van der Waals surface area (Å²) in [6.45, 7) is 0.640. The van der Waals surface area contributed by atoms with Gasteiger partial charge in [0, 0.05) is 0 Å². The highest BCUT2D eigenvalue weighted by Gasteiger charge is 2.45. The molecule has 0 unspecified atom stereocenters. The fourth-order valence-electron chi connectivity index (χ4n) is 3.07. The molecule has 0 aromatic carbocycles. The number of hydrogen-bond acceptors (Lipinski definition) is 5. The Bertz CT molecular complexity index is 686. The highest BCUT2D eigenvalue weighted by Crippen LogP contribution is 2.38. The van der Waals surface area contributed by atoms with Crippen molar-refractivity contribution in [3.05, 3.63) is 17.8 Å². The number of alkyl halides is 2. The van der Waals surface area contributed by atoms with Crippen molar-refractivity contribution in [3.8, 4) is 5.88 Å². The van der Waals surface area contributed by atoms with Gasteiger partial charge < -0.3 is 19.1 Å². The van der Waals surface area contributed by atoms with Gasteiger partial charge in [-0.2, -0.15) is 0 Å². The zero-order valence-electron chi connectivity index (χ0n) is 14.3. The number of carbonyl (C=O) groups is 1. The Morgan fingerprint density at radius 3 is 2.62 bits per heavy atom. The maximum absolute atomic E-state index is 13.2. The number of amides is 1. The van der Waals surface area contributed by atoms with Crippen molar-refractivity contribution in [2.45, 2.75) is 18.8 Å². The number of carbonyl (C=O) groups excluding carboxylic acids is 1. The lowest BCUT2D eigenvalue weighted by Gasteiger charge is -2.40. The summed E-state index contributed by atoms with van der Waals surface area (Å²) in [7, 11) is 0. The SMILES string of the molecule is O=C(c1ccc(N2CC(F)(F)C2)c(OCC2CC2)n1)N1CC[S+]([O-])CC1. The first kappa shape index (κ1) is 17.8. The number of aromatic nitrogens is 1. The fraction of sp³-hybridized carbons (Fsp3) is 0.647. The molecule has 2 saturated heterocycles. The maximum Gasteiger partial charge on any atom is 0.282 e. The number of nitrogens with zero attached hydrogens (tertiary/aromatic N) is 3. The lowest BCUT2D eigenvalue weighted by atomic mass is 10.1. The molecule has 0 bridgehead atoms. The Labute approximate surface area is 153 Å². The van der Waals surface area contributed by atoms with Gasteiger partial charge in [0.2, 0.25) is 5.88 Å². The van der Waals surface area contributed by atoms with Crippen LogP contribution >= 0.6 is 0 Å². The van der Waals surface area contributed by atoms with E-state index in [9.17, 15) is 18.1 Å². The second kappa shape index (κ2) is 6.84. The van der Waals surface area contributed by atoms with Crippen LogP contribution in [-0.4, -0.2) is 70.6 Å². The van der Waals surface area contributed by atoms with Gasteiger partial charge in [-0.15, -0.1) is 0 Å². The second-order valence-electron chi connectivity index (χ2n) is 7.13. The summed E-state index contributed by atoms with van der Waals surface area (Å²) in [6.07, 6.45) is 2.20. The zero-order chi connectivity index (χ0) is 18.3. The Morgan fingerprint density at radius 2 is 2.00 bits per heavy atom. The van der Waals surface area contributed by atoms with E-state index >= 15 is 0 Å². The third kappa shape index (κ3) is 3.88. The summed E-state index contributed by atoms with van der Waals surface area (Å²) < 4.78 is 43.7. The normalized spacial score (nSPS) is 22.9. The molecule has 4 rings (SSSR count). The van der Waals surface area contributed by atoms with Crippen molar-refractivity contribution < 1.29 is 22.9 Å². The molecule has 1 saturated carbocycles. The molecule has 3 heterocycles. The van der Waals surface area contributed by atoms with Gasteiger partial charge in [-0.25, -0.2) is 13.8 Å². The van der Waals surface area contributed by atoms with Gasteiger partial charge in [0.1, 0.15) is 22.9 Å². The number of ether oxygens (including phenoxy) is 1. The van der Waals surface area contributed by atoms with Crippen molar-refractivity contribution in [1.82, 2.24) is 9.88 Å². The first-order valence-electron chi connectivity index (χ1n) is 8.82. The molecule has 1 aliphatic carbocycles. The summed E-state index contributed by atoms with van der Waals surface area (Å²) in [5.74, 6) is -1.25. The largest absolute Gasteiger partial charge is 0.616 e. The Balaban J connectivity index is 1.51. The number of anilines is 1. The van der Waals surface area contributed by atoms with Crippen LogP contribution in [0.25, 0.3) is 0 Å². The third-order valence-corrected chi connectivity index (χ3v) is 6.14. The Hall–Kier alpha value is -1.61. The number of rotatable bonds is 5. The van der Waals surface area contributed by atoms with Gasteiger partial charge in [0.15, 0.2) is 0 Å². The molecule has 1 aromatic heterocycles. The number of hydrogen-bond donors (Lipinski definition) is 0. The molecular weight excluding hydrogens is 364 g/mol. The summed E-state index contributed by atoms with van der Waals surface area (Å²) in [5, 5.41) is 0. The van der Waals surface area contributed by atoms with E-state index in [0.717, 1.165) is 12.8 Å². The van der Waals surface area contributed by atoms with Crippen LogP contribution in [0.4, 0.5) is 14.5 Å². The number of halogens is 2. The second-order valence-corrected chi connectivity index (χ2v) is 8.82. The van der Waals surface area contributed by atoms with Crippen molar-refractivity contribution >= 4 is 22.8 Å². The molecule has 3 fully saturated rings. The Morgan fingerprint density at radius 1 is 1.31 bits per heavy atom. The molecule has 26 heavy (non-hydrogen) atoms. The van der Waals surface area contributed by atoms with E-state index in [1.54, 1.807) is 17.0 Å². The summed E-state index contributed by atoms with van der Waals surface area (Å²) in [5.41, 5.74) is 0.743. The van der Waals surface area contributed by atoms with Crippen LogP contribution in [0.3, 0.4) is 0 Å². The molecule has 0 radical (unpaired) electrons. The quantitative estimate of drug-likeness (QED) is 0.719. The van der Waals surface area contributed by atoms with Gasteiger partial charge in [-0.3, -0.25) is 4.79 Å². The van der Waals surface area contributed by atoms with Crippen LogP contribution in [0, 0.1) is 5.92 Å². The van der Waals surface area contributed by atoms with Crippen LogP contribution < -0.4 is 9.64 Å². The highest BCUT2D eigenvalue weighted by molar-refractivity contribution is 7.91. The van der Waals surface area contributed by atoms with Gasteiger partial charge in [-0.1, -0.05) is 11.2 Å². The molecule has 0 N–H and O–H groups in total. The monoisotopic (exact) mass is 385 g/mol. The molecule has 0 atom stereocenters. The van der Waals surface area contributed by atoms with E-state index in [0.29, 0.717) is 42.8 Å². The van der Waals surface area contributed by atoms with Crippen molar-refractivity contribution in [3.63, 3.8) is 0 Å². The lowest BCUT2D eigenvalue weighted by Crippen LogP contribution is -2.56. The molecule has 3 aliphatic rings. The van der Waals surface area contributed by atoms with E-state index in [1.807, 2.05) is 0 Å². The van der Waals surface area contributed by atoms with Crippen molar-refractivity contribution in [2.75, 3.05) is 49.2 Å². The van der Waals surface area contributed by atoms with Gasteiger partial charge in [0.25, 0.3) is 11.8 Å². The zero-order valence-corrected chi connectivity index (χ0v) is 15.1. The topological polar surface area (TPSA) is 68.7 Å². The summed E-state index contributed by atoms with van der Waals surface area (Å²) in [6, 6.07) is 3.20. The molecule has 142 valence electrons. The maximum atomic E-state index is 13.2. The lowest BCUT2D eigenvalue weighted by molar-refractivity contribution is -0.0265. The fourth-order valence-corrected chi connectivity index (χ4v) is 4.12. The minimum atomic E-state index is -2.69. The first-order valence-corrected chi connectivity index (χ1v) is 10.3. The minimum absolute atomic E-state index is 0.236. The average molecular weight is 385 g/mol. The summed E-state index contributed by atoms with van der Waals surface area (Å²) in [4.78, 5) is 20.1. The van der Waals surface area contributed by atoms with E-state index in [2.05, 4.69) is 4.98 Å². The standard InChI is InChI=1S/C17H21F2N3O3S/c18-17(19)10-22(11-17)14-4-3-13(20-15(14)25-9-12-1-2-12)16(23)21-5-7-26(24)8-6-21/h3-4,12H,1-2,5-11H2. The van der Waals surface area contributed by atoms with Gasteiger partial charge >= 0.3 is 0 Å². The van der Waals surface area contributed by atoms with Crippen LogP contribution in [0.15, 0.2) is 12.1 Å². The van der Waals surface area contributed by atoms with E-state index in [1.165, 1.54) is 4.90 Å². The number of pyridine rings is 1. The predicted molar refractivity (Wildman–Crippen MR) is 93.4 cm³/mol. The highest BCUT2D eigenvalue weighted by atomic mass is 32.2. The molecule has 1 aromatic rings. The predicted octanol–water partition coefficient (Wildman–Crippen LogP) is 1.53. The summed E-state index contributed by atoms with van der Waals surface area (Å²) >= 11 is -0.867. The molecule has 6 nitrogen and oxygen atoms in total. The van der Waals surface area contributed by atoms with Crippen molar-refractivity contribution in [1.29, 1.82) is 0 Å². The minimum Gasteiger partial charge on any atom is -0.616 e. The van der Waals surface area contributed by atoms with E-state index in [4.69, 9.17) is 4.74 Å². The molecule has 2 aliphatic heterocycles. The van der Waals surface area contributed by atoms with Crippen molar-refractivity contribution in [2.24, 2.45) is 5.92 Å². The van der Waals surface area contributed by atoms with E-state index in [-0.39, 0.29) is 30.6 Å². The van der Waals surface area contributed by atoms with Crippen LogP contribution in [0.5, 0.6) is 5.88 Å². The van der Waals surface area contributed by atoms with Gasteiger partial charge in [-0.05, 0) is 30.9 Å². The third-order valence-electron chi connectivity index (χ3n) is 4.86. The van der Waals surface area contributed by atoms with Crippen LogP contribution in [0.1, 0.15) is 23.3 Å². The smallest absolute Gasteiger partial charge is 0.282 e. The van der Waals surface area contributed by atoms with Crippen LogP contribution in [-0.2, 0) is 11.2 Å². The molecular formula is C17H21F2N3O3S. The van der Waals surface area contributed by atoms with Gasteiger partial charge in [0.05, 0.1) is 32.8 Å². The van der Waals surface area contributed by atoms with Crippen LogP contribution in [0.2, 0.25) is 0 Å². The molecule has 9 heteroatoms. The molecule has 0 spiro atoms. The first-order chi connectivity index (χ1) is 12.4. The Kier molecular flexibility index (Phi) is 4.68. The average Bonchev–Trinajstić information content (AvgIpc) is 3.42. The molecule has 1 amide bonds.